The van der Waals surface area contributed by atoms with E-state index in [4.69, 9.17) is 14.6 Å². The maximum atomic E-state index is 13.2. The van der Waals surface area contributed by atoms with Crippen molar-refractivity contribution in [1.29, 1.82) is 0 Å². The number of halogens is 2. The number of carbonyl (C=O) groups excluding carboxylic acids is 2. The normalized spacial score (nSPS) is 16.4. The van der Waals surface area contributed by atoms with Crippen LogP contribution >= 0.6 is 0 Å². The average molecular weight is 327 g/mol. The predicted molar refractivity (Wildman–Crippen MR) is 71.3 cm³/mol. The SMILES string of the molecule is CC1(C)OC(=O)C(=CNc2cc(F)c(F)cc2C(=O)O)C(=O)O1. The van der Waals surface area contributed by atoms with E-state index in [1.807, 2.05) is 0 Å². The highest BCUT2D eigenvalue weighted by Crippen LogP contribution is 2.24. The maximum absolute atomic E-state index is 13.2. The first kappa shape index (κ1) is 16.4. The Morgan fingerprint density at radius 1 is 1.17 bits per heavy atom. The van der Waals surface area contributed by atoms with Crippen molar-refractivity contribution in [2.75, 3.05) is 5.32 Å². The van der Waals surface area contributed by atoms with Crippen LogP contribution in [-0.2, 0) is 19.1 Å². The average Bonchev–Trinajstić information content (AvgIpc) is 2.39. The minimum Gasteiger partial charge on any atom is -0.478 e. The van der Waals surface area contributed by atoms with E-state index < -0.39 is 46.5 Å². The van der Waals surface area contributed by atoms with E-state index in [2.05, 4.69) is 5.32 Å². The summed E-state index contributed by atoms with van der Waals surface area (Å²) in [6.45, 7) is 2.70. The molecular formula is C14H11F2NO6. The zero-order valence-electron chi connectivity index (χ0n) is 12.0. The van der Waals surface area contributed by atoms with Gasteiger partial charge in [0.2, 0.25) is 0 Å². The molecule has 1 aliphatic rings. The van der Waals surface area contributed by atoms with Crippen LogP contribution in [0.15, 0.2) is 23.9 Å². The Morgan fingerprint density at radius 3 is 2.22 bits per heavy atom. The number of benzene rings is 1. The van der Waals surface area contributed by atoms with Gasteiger partial charge in [-0.05, 0) is 6.07 Å². The Balaban J connectivity index is 2.33. The van der Waals surface area contributed by atoms with Crippen LogP contribution in [0.4, 0.5) is 14.5 Å². The summed E-state index contributed by atoms with van der Waals surface area (Å²) in [6.07, 6.45) is 0.805. The fourth-order valence-electron chi connectivity index (χ4n) is 1.77. The number of ether oxygens (including phenoxy) is 2. The lowest BCUT2D eigenvalue weighted by molar-refractivity contribution is -0.222. The quantitative estimate of drug-likeness (QED) is 0.496. The predicted octanol–water partition coefficient (Wildman–Crippen LogP) is 1.79. The van der Waals surface area contributed by atoms with Gasteiger partial charge in [0.15, 0.2) is 17.2 Å². The molecule has 2 N–H and O–H groups in total. The molecule has 1 saturated heterocycles. The van der Waals surface area contributed by atoms with E-state index in [0.29, 0.717) is 12.1 Å². The topological polar surface area (TPSA) is 102 Å². The van der Waals surface area contributed by atoms with Gasteiger partial charge in [0.1, 0.15) is 0 Å². The smallest absolute Gasteiger partial charge is 0.350 e. The van der Waals surface area contributed by atoms with Crippen LogP contribution < -0.4 is 5.32 Å². The standard InChI is InChI=1S/C14H11F2NO6/c1-14(2)22-12(20)7(13(21)23-14)5-17-10-4-9(16)8(15)3-6(10)11(18)19/h3-5,17H,1-2H3,(H,18,19). The van der Waals surface area contributed by atoms with Gasteiger partial charge in [-0.2, -0.15) is 0 Å². The summed E-state index contributed by atoms with van der Waals surface area (Å²) < 4.78 is 36.0. The van der Waals surface area contributed by atoms with E-state index in [1.54, 1.807) is 0 Å². The molecule has 1 fully saturated rings. The third-order valence-electron chi connectivity index (χ3n) is 2.78. The Kier molecular flexibility index (Phi) is 4.04. The highest BCUT2D eigenvalue weighted by molar-refractivity contribution is 6.15. The number of cyclic esters (lactones) is 2. The lowest BCUT2D eigenvalue weighted by Crippen LogP contribution is -2.42. The minimum atomic E-state index is -1.53. The summed E-state index contributed by atoms with van der Waals surface area (Å²) in [5, 5.41) is 11.2. The summed E-state index contributed by atoms with van der Waals surface area (Å²) in [5.41, 5.74) is -1.49. The Labute approximate surface area is 128 Å². The third-order valence-corrected chi connectivity index (χ3v) is 2.78. The van der Waals surface area contributed by atoms with Crippen molar-refractivity contribution >= 4 is 23.6 Å². The van der Waals surface area contributed by atoms with Crippen LogP contribution in [0, 0.1) is 11.6 Å². The zero-order chi connectivity index (χ0) is 17.4. The van der Waals surface area contributed by atoms with Crippen LogP contribution in [-0.4, -0.2) is 28.8 Å². The van der Waals surface area contributed by atoms with Crippen molar-refractivity contribution in [3.05, 3.63) is 41.1 Å². The summed E-state index contributed by atoms with van der Waals surface area (Å²) in [6, 6.07) is 1.05. The van der Waals surface area contributed by atoms with Gasteiger partial charge in [-0.3, -0.25) is 0 Å². The van der Waals surface area contributed by atoms with Gasteiger partial charge >= 0.3 is 17.9 Å². The van der Waals surface area contributed by atoms with Gasteiger partial charge in [0, 0.05) is 26.1 Å². The second-order valence-electron chi connectivity index (χ2n) is 5.00. The van der Waals surface area contributed by atoms with Crippen LogP contribution in [0.25, 0.3) is 0 Å². The van der Waals surface area contributed by atoms with Crippen LogP contribution in [0.3, 0.4) is 0 Å². The molecule has 0 spiro atoms. The molecule has 0 atom stereocenters. The summed E-state index contributed by atoms with van der Waals surface area (Å²) in [7, 11) is 0. The number of carboxylic acid groups (broad SMARTS) is 1. The molecular weight excluding hydrogens is 316 g/mol. The molecule has 1 aromatic carbocycles. The molecule has 0 aliphatic carbocycles. The van der Waals surface area contributed by atoms with Gasteiger partial charge in [-0.1, -0.05) is 0 Å². The van der Waals surface area contributed by atoms with E-state index in [-0.39, 0.29) is 5.69 Å². The Bertz CT molecular complexity index is 719. The molecule has 122 valence electrons. The first-order valence-corrected chi connectivity index (χ1v) is 6.26. The molecule has 0 bridgehead atoms. The number of hydrogen-bond donors (Lipinski definition) is 2. The van der Waals surface area contributed by atoms with Gasteiger partial charge in [0.05, 0.1) is 11.3 Å². The Morgan fingerprint density at radius 2 is 1.70 bits per heavy atom. The summed E-state index contributed by atoms with van der Waals surface area (Å²) in [4.78, 5) is 34.4. The van der Waals surface area contributed by atoms with E-state index in [1.165, 1.54) is 13.8 Å². The molecule has 0 aromatic heterocycles. The monoisotopic (exact) mass is 327 g/mol. The van der Waals surface area contributed by atoms with E-state index in [9.17, 15) is 23.2 Å². The van der Waals surface area contributed by atoms with Gasteiger partial charge in [0.25, 0.3) is 5.79 Å². The largest absolute Gasteiger partial charge is 0.478 e. The highest BCUT2D eigenvalue weighted by atomic mass is 19.2. The van der Waals surface area contributed by atoms with Crippen molar-refractivity contribution in [3.63, 3.8) is 0 Å². The second-order valence-corrected chi connectivity index (χ2v) is 5.00. The molecule has 23 heavy (non-hydrogen) atoms. The number of anilines is 1. The highest BCUT2D eigenvalue weighted by Gasteiger charge is 2.39. The maximum Gasteiger partial charge on any atom is 0.350 e. The number of carboxylic acids is 1. The van der Waals surface area contributed by atoms with Gasteiger partial charge in [-0.25, -0.2) is 23.2 Å². The molecule has 0 amide bonds. The van der Waals surface area contributed by atoms with Crippen molar-refractivity contribution in [1.82, 2.24) is 0 Å². The van der Waals surface area contributed by atoms with Gasteiger partial charge < -0.3 is 19.9 Å². The molecule has 0 saturated carbocycles. The number of rotatable bonds is 3. The second kappa shape index (κ2) is 5.67. The number of nitrogens with one attached hydrogen (secondary N) is 1. The molecule has 2 rings (SSSR count). The van der Waals surface area contributed by atoms with Crippen molar-refractivity contribution in [2.45, 2.75) is 19.6 Å². The van der Waals surface area contributed by atoms with Crippen molar-refractivity contribution in [3.8, 4) is 0 Å². The number of esters is 2. The van der Waals surface area contributed by atoms with Crippen molar-refractivity contribution < 1.29 is 37.7 Å². The first-order chi connectivity index (χ1) is 10.6. The Hall–Kier alpha value is -2.97. The molecule has 1 heterocycles. The lowest BCUT2D eigenvalue weighted by Gasteiger charge is -2.29. The van der Waals surface area contributed by atoms with Crippen LogP contribution in [0.5, 0.6) is 0 Å². The lowest BCUT2D eigenvalue weighted by atomic mass is 10.1. The zero-order valence-corrected chi connectivity index (χ0v) is 12.0. The third kappa shape index (κ3) is 3.44. The number of aromatic carboxylic acids is 1. The van der Waals surface area contributed by atoms with E-state index in [0.717, 1.165) is 6.20 Å². The van der Waals surface area contributed by atoms with E-state index >= 15 is 0 Å². The van der Waals surface area contributed by atoms with Crippen LogP contribution in [0.1, 0.15) is 24.2 Å². The molecule has 1 aliphatic heterocycles. The number of hydrogen-bond acceptors (Lipinski definition) is 6. The molecule has 1 aromatic rings. The molecule has 7 nitrogen and oxygen atoms in total. The molecule has 9 heteroatoms. The fraction of sp³-hybridized carbons (Fsp3) is 0.214. The van der Waals surface area contributed by atoms with Gasteiger partial charge in [-0.15, -0.1) is 0 Å². The molecule has 0 unspecified atom stereocenters. The number of carbonyl (C=O) groups is 3. The molecule has 0 radical (unpaired) electrons. The first-order valence-electron chi connectivity index (χ1n) is 6.26. The van der Waals surface area contributed by atoms with Crippen LogP contribution in [0.2, 0.25) is 0 Å². The summed E-state index contributed by atoms with van der Waals surface area (Å²) >= 11 is 0. The minimum absolute atomic E-state index is 0.352. The summed E-state index contributed by atoms with van der Waals surface area (Å²) in [5.74, 6) is -7.61. The van der Waals surface area contributed by atoms with Crippen molar-refractivity contribution in [2.24, 2.45) is 0 Å². The fourth-order valence-corrected chi connectivity index (χ4v) is 1.77.